The van der Waals surface area contributed by atoms with Gasteiger partial charge in [0.15, 0.2) is 0 Å². The number of carbonyl (C=O) groups excluding carboxylic acids is 1. The van der Waals surface area contributed by atoms with Crippen molar-refractivity contribution < 1.29 is 14.6 Å². The fraction of sp³-hybridized carbons (Fsp3) is 0.235. The highest BCUT2D eigenvalue weighted by atomic mass is 35.5. The molecule has 2 N–H and O–H groups in total. The van der Waals surface area contributed by atoms with Crippen molar-refractivity contribution in [2.75, 3.05) is 26.0 Å². The Balaban J connectivity index is 2.26. The summed E-state index contributed by atoms with van der Waals surface area (Å²) in [4.78, 5) is 22.7. The van der Waals surface area contributed by atoms with Gasteiger partial charge in [-0.25, -0.2) is 0 Å². The van der Waals surface area contributed by atoms with E-state index in [-0.39, 0.29) is 17.3 Å². The van der Waals surface area contributed by atoms with E-state index in [1.807, 2.05) is 38.4 Å². The number of nitro groups is 1. The van der Waals surface area contributed by atoms with Gasteiger partial charge in [-0.15, -0.1) is 0 Å². The Labute approximate surface area is 145 Å². The first-order valence-corrected chi connectivity index (χ1v) is 7.83. The zero-order valence-electron chi connectivity index (χ0n) is 13.5. The van der Waals surface area contributed by atoms with Crippen molar-refractivity contribution in [2.45, 2.75) is 6.04 Å². The van der Waals surface area contributed by atoms with E-state index >= 15 is 0 Å². The van der Waals surface area contributed by atoms with Crippen LogP contribution >= 0.6 is 11.6 Å². The normalized spacial score (nSPS) is 12.0. The monoisotopic (exact) mass is 348 g/mol. The molecule has 1 atom stereocenters. The maximum absolute atomic E-state index is 11.2. The second-order valence-electron chi connectivity index (χ2n) is 5.68. The van der Waals surface area contributed by atoms with E-state index in [4.69, 9.17) is 11.6 Å². The number of rotatable bonds is 7. The van der Waals surface area contributed by atoms with Crippen LogP contribution in [0.25, 0.3) is 0 Å². The van der Waals surface area contributed by atoms with Crippen molar-refractivity contribution >= 4 is 29.3 Å². The Morgan fingerprint density at radius 3 is 2.58 bits per heavy atom. The van der Waals surface area contributed by atoms with E-state index < -0.39 is 4.92 Å². The molecule has 0 amide bonds. The van der Waals surface area contributed by atoms with Crippen LogP contribution in [-0.4, -0.2) is 31.8 Å². The van der Waals surface area contributed by atoms with Crippen LogP contribution in [0.3, 0.4) is 0 Å². The topological polar surface area (TPSA) is 76.7 Å². The molecular weight excluding hydrogens is 330 g/mol. The van der Waals surface area contributed by atoms with Crippen LogP contribution in [0.1, 0.15) is 22.0 Å². The molecule has 0 saturated carbocycles. The molecule has 0 fully saturated rings. The van der Waals surface area contributed by atoms with Crippen molar-refractivity contribution in [3.63, 3.8) is 0 Å². The van der Waals surface area contributed by atoms with Crippen molar-refractivity contribution in [1.82, 2.24) is 0 Å². The van der Waals surface area contributed by atoms with Crippen molar-refractivity contribution in [2.24, 2.45) is 0 Å². The SMILES string of the molecule is C[NH+](C)[C@H](CNc1ccc(C=O)cc1[N+](=O)[O-])c1ccccc1Cl. The summed E-state index contributed by atoms with van der Waals surface area (Å²) < 4.78 is 0. The standard InChI is InChI=1S/C17H18ClN3O3/c1-20(2)17(13-5-3-4-6-14(13)18)10-19-15-8-7-12(11-22)9-16(15)21(23)24/h3-9,11,17,19H,10H2,1-2H3/p+1/t17-/m1/s1. The van der Waals surface area contributed by atoms with Gasteiger partial charge in [0.1, 0.15) is 18.0 Å². The summed E-state index contributed by atoms with van der Waals surface area (Å²) in [6.45, 7) is 0.466. The maximum Gasteiger partial charge on any atom is 0.293 e. The first kappa shape index (κ1) is 17.9. The first-order chi connectivity index (χ1) is 11.4. The van der Waals surface area contributed by atoms with Gasteiger partial charge in [-0.1, -0.05) is 29.8 Å². The van der Waals surface area contributed by atoms with E-state index in [0.29, 0.717) is 23.5 Å². The lowest BCUT2D eigenvalue weighted by Crippen LogP contribution is -3.06. The molecular formula is C17H19ClN3O3+. The number of nitrogens with zero attached hydrogens (tertiary/aromatic N) is 1. The Hall–Kier alpha value is -2.44. The number of hydrogen-bond donors (Lipinski definition) is 2. The Bertz CT molecular complexity index is 750. The molecule has 24 heavy (non-hydrogen) atoms. The van der Waals surface area contributed by atoms with Crippen LogP contribution in [-0.2, 0) is 0 Å². The van der Waals surface area contributed by atoms with Gasteiger partial charge in [0.2, 0.25) is 0 Å². The predicted molar refractivity (Wildman–Crippen MR) is 94.0 cm³/mol. The third-order valence-electron chi connectivity index (χ3n) is 3.83. The quantitative estimate of drug-likeness (QED) is 0.457. The summed E-state index contributed by atoms with van der Waals surface area (Å²) in [5, 5.41) is 15.0. The van der Waals surface area contributed by atoms with Crippen LogP contribution in [0.2, 0.25) is 5.02 Å². The summed E-state index contributed by atoms with van der Waals surface area (Å²) in [7, 11) is 4.00. The van der Waals surface area contributed by atoms with Gasteiger partial charge in [0.05, 0.1) is 25.6 Å². The fourth-order valence-electron chi connectivity index (χ4n) is 2.52. The van der Waals surface area contributed by atoms with Gasteiger partial charge >= 0.3 is 0 Å². The molecule has 2 aromatic carbocycles. The number of anilines is 1. The van der Waals surface area contributed by atoms with Gasteiger partial charge in [0, 0.05) is 22.2 Å². The minimum Gasteiger partial charge on any atom is -0.373 e. The molecule has 2 aromatic rings. The number of likely N-dealkylation sites (N-methyl/N-ethyl adjacent to an activating group) is 1. The summed E-state index contributed by atoms with van der Waals surface area (Å²) in [6, 6.07) is 11.9. The lowest BCUT2D eigenvalue weighted by Gasteiger charge is -2.23. The summed E-state index contributed by atoms with van der Waals surface area (Å²) in [5.74, 6) is 0. The summed E-state index contributed by atoms with van der Waals surface area (Å²) >= 11 is 6.28. The number of nitro benzene ring substituents is 1. The second kappa shape index (κ2) is 7.90. The predicted octanol–water partition coefficient (Wildman–Crippen LogP) is 2.36. The third kappa shape index (κ3) is 4.10. The van der Waals surface area contributed by atoms with E-state index in [0.717, 1.165) is 10.5 Å². The maximum atomic E-state index is 11.2. The molecule has 2 rings (SSSR count). The molecule has 0 aliphatic heterocycles. The van der Waals surface area contributed by atoms with Crippen LogP contribution < -0.4 is 10.2 Å². The number of hydrogen-bond acceptors (Lipinski definition) is 4. The number of nitrogens with one attached hydrogen (secondary N) is 2. The molecule has 0 spiro atoms. The Kier molecular flexibility index (Phi) is 5.89. The number of benzene rings is 2. The van der Waals surface area contributed by atoms with Gasteiger partial charge in [-0.2, -0.15) is 0 Å². The molecule has 0 unspecified atom stereocenters. The minimum atomic E-state index is -0.498. The van der Waals surface area contributed by atoms with Crippen LogP contribution in [0, 0.1) is 10.1 Å². The molecule has 126 valence electrons. The third-order valence-corrected chi connectivity index (χ3v) is 4.17. The fourth-order valence-corrected chi connectivity index (χ4v) is 2.78. The molecule has 6 nitrogen and oxygen atoms in total. The minimum absolute atomic E-state index is 0.0176. The van der Waals surface area contributed by atoms with E-state index in [1.165, 1.54) is 6.07 Å². The molecule has 0 aliphatic rings. The number of halogens is 1. The molecule has 0 radical (unpaired) electrons. The Morgan fingerprint density at radius 2 is 2.00 bits per heavy atom. The molecule has 0 heterocycles. The first-order valence-electron chi connectivity index (χ1n) is 7.46. The van der Waals surface area contributed by atoms with Crippen LogP contribution in [0.5, 0.6) is 0 Å². The average Bonchev–Trinajstić information content (AvgIpc) is 2.56. The Morgan fingerprint density at radius 1 is 1.29 bits per heavy atom. The molecule has 0 bridgehead atoms. The summed E-state index contributed by atoms with van der Waals surface area (Å²) in [6.07, 6.45) is 0.591. The van der Waals surface area contributed by atoms with E-state index in [2.05, 4.69) is 5.32 Å². The van der Waals surface area contributed by atoms with Crippen molar-refractivity contribution in [3.05, 3.63) is 68.7 Å². The van der Waals surface area contributed by atoms with Crippen LogP contribution in [0.15, 0.2) is 42.5 Å². The van der Waals surface area contributed by atoms with Crippen LogP contribution in [0.4, 0.5) is 11.4 Å². The summed E-state index contributed by atoms with van der Waals surface area (Å²) in [5.41, 5.74) is 1.50. The number of carbonyl (C=O) groups is 1. The van der Waals surface area contributed by atoms with Crippen molar-refractivity contribution in [3.8, 4) is 0 Å². The van der Waals surface area contributed by atoms with Gasteiger partial charge in [-0.3, -0.25) is 14.9 Å². The van der Waals surface area contributed by atoms with Gasteiger partial charge in [0.25, 0.3) is 5.69 Å². The highest BCUT2D eigenvalue weighted by Crippen LogP contribution is 2.26. The van der Waals surface area contributed by atoms with Crippen molar-refractivity contribution in [1.29, 1.82) is 0 Å². The zero-order valence-corrected chi connectivity index (χ0v) is 14.2. The number of aldehydes is 1. The number of quaternary nitrogens is 1. The zero-order chi connectivity index (χ0) is 17.7. The lowest BCUT2D eigenvalue weighted by molar-refractivity contribution is -0.890. The van der Waals surface area contributed by atoms with Gasteiger partial charge in [-0.05, 0) is 18.2 Å². The largest absolute Gasteiger partial charge is 0.373 e. The molecule has 0 aliphatic carbocycles. The van der Waals surface area contributed by atoms with E-state index in [9.17, 15) is 14.9 Å². The van der Waals surface area contributed by atoms with Gasteiger partial charge < -0.3 is 10.2 Å². The molecule has 0 saturated heterocycles. The highest BCUT2D eigenvalue weighted by Gasteiger charge is 2.22. The van der Waals surface area contributed by atoms with E-state index in [1.54, 1.807) is 12.1 Å². The lowest BCUT2D eigenvalue weighted by atomic mass is 10.1. The highest BCUT2D eigenvalue weighted by molar-refractivity contribution is 6.31. The average molecular weight is 349 g/mol. The molecule has 0 aromatic heterocycles. The second-order valence-corrected chi connectivity index (χ2v) is 6.09. The smallest absolute Gasteiger partial charge is 0.293 e. The molecule has 7 heteroatoms.